The van der Waals surface area contributed by atoms with Crippen LogP contribution in [0, 0.1) is 15.3 Å². The second kappa shape index (κ2) is 29.2. The molecule has 0 radical (unpaired) electrons. The Morgan fingerprint density at radius 1 is 1.25 bits per heavy atom. The van der Waals surface area contributed by atoms with Gasteiger partial charge in [-0.25, -0.2) is 0 Å². The van der Waals surface area contributed by atoms with Crippen molar-refractivity contribution in [3.05, 3.63) is 15.3 Å². The maximum absolute atomic E-state index is 8.39. The van der Waals surface area contributed by atoms with Gasteiger partial charge in [0.1, 0.15) is 0 Å². The fraction of sp³-hybridized carbons (Fsp3) is 0. The summed E-state index contributed by atoms with van der Waals surface area (Å²) >= 11 is 0.0556. The molecule has 0 fully saturated rings. The third kappa shape index (κ3) is 3450. The van der Waals surface area contributed by atoms with E-state index in [0.29, 0.717) is 0 Å². The molecular weight excluding hydrogens is 319 g/mol. The first-order chi connectivity index (χ1) is 2.73. The fourth-order valence-corrected chi connectivity index (χ4v) is 0. The van der Waals surface area contributed by atoms with Gasteiger partial charge in [-0.1, -0.05) is 0 Å². The fourth-order valence-electron chi connectivity index (χ4n) is 0. The minimum atomic E-state index is -1.75. The van der Waals surface area contributed by atoms with E-state index in [4.69, 9.17) is 18.1 Å². The molecule has 7 nitrogen and oxygen atoms in total. The molecule has 0 saturated carbocycles. The first-order valence-corrected chi connectivity index (χ1v) is 2.34. The normalized spacial score (nSPS) is 3.38. The van der Waals surface area contributed by atoms with Crippen molar-refractivity contribution in [1.29, 1.82) is 0 Å². The van der Waals surface area contributed by atoms with E-state index in [-0.39, 0.29) is 35.7 Å². The average Bonchev–Trinajstić information content (AvgIpc) is 1.41. The topological polar surface area (TPSA) is 145 Å². The Balaban J connectivity index is -0.0000000183. The Labute approximate surface area is 59.3 Å². The number of hydrogen-bond donors (Lipinski definition) is 0. The number of nitrogens with zero attached hydrogens (tertiary/aromatic N) is 1. The van der Waals surface area contributed by atoms with Gasteiger partial charge in [0.2, 0.25) is 0 Å². The van der Waals surface area contributed by atoms with Crippen LogP contribution < -0.4 is 0 Å². The third-order valence-corrected chi connectivity index (χ3v) is 0. The van der Waals surface area contributed by atoms with Gasteiger partial charge in [-0.2, -0.15) is 0 Å². The third-order valence-electron chi connectivity index (χ3n) is 0. The molecule has 50 valence electrons. The molecule has 0 atom stereocenters. The molecule has 0 spiro atoms. The Kier molecular flexibility index (Phi) is 91.0. The molecule has 0 aliphatic carbocycles. The molecule has 0 rings (SSSR count). The van der Waals surface area contributed by atoms with Crippen LogP contribution in [0.25, 0.3) is 0 Å². The first-order valence-electron chi connectivity index (χ1n) is 0.752. The van der Waals surface area contributed by atoms with E-state index in [1.165, 1.54) is 0 Å². The second-order valence-corrected chi connectivity index (χ2v) is 0.224. The van der Waals surface area contributed by atoms with Gasteiger partial charge in [0.05, 0.1) is 5.09 Å². The molecule has 0 aromatic rings. The average molecular weight is 323 g/mol. The van der Waals surface area contributed by atoms with Gasteiger partial charge in [0.25, 0.3) is 0 Å². The summed E-state index contributed by atoms with van der Waals surface area (Å²) in [6.45, 7) is 0. The van der Waals surface area contributed by atoms with Crippen molar-refractivity contribution in [2.75, 3.05) is 0 Å². The molecule has 0 bridgehead atoms. The zero-order valence-corrected chi connectivity index (χ0v) is 7.41. The first kappa shape index (κ1) is 25.0. The van der Waals surface area contributed by atoms with Crippen LogP contribution in [0.5, 0.6) is 0 Å². The molecule has 0 aromatic carbocycles. The SMILES string of the molecule is O.O=[N+]([O-])[O-].[OH-].[O]=[BiH+2]. The zero-order chi connectivity index (χ0) is 5.58. The van der Waals surface area contributed by atoms with Crippen LogP contribution in [0.3, 0.4) is 0 Å². The van der Waals surface area contributed by atoms with Crippen molar-refractivity contribution in [2.45, 2.75) is 0 Å². The summed E-state index contributed by atoms with van der Waals surface area (Å²) in [5.41, 5.74) is 0. The van der Waals surface area contributed by atoms with E-state index in [2.05, 4.69) is 0 Å². The Morgan fingerprint density at radius 2 is 1.25 bits per heavy atom. The molecule has 8 heteroatoms. The predicted octanol–water partition coefficient (Wildman–Crippen LogP) is -2.01. The summed E-state index contributed by atoms with van der Waals surface area (Å²) in [7, 11) is 0. The maximum atomic E-state index is 8.39. The zero-order valence-electron chi connectivity index (χ0n) is 3.53. The summed E-state index contributed by atoms with van der Waals surface area (Å²) < 4.78 is 8.39. The van der Waals surface area contributed by atoms with Crippen LogP contribution in [0.1, 0.15) is 0 Å². The van der Waals surface area contributed by atoms with Gasteiger partial charge in [-0.3, -0.25) is 0 Å². The van der Waals surface area contributed by atoms with Gasteiger partial charge >= 0.3 is 27.5 Å². The van der Waals surface area contributed by atoms with Crippen molar-refractivity contribution in [3.63, 3.8) is 0 Å². The van der Waals surface area contributed by atoms with E-state index < -0.39 is 5.09 Å². The summed E-state index contributed by atoms with van der Waals surface area (Å²) in [5.74, 6) is 0. The van der Waals surface area contributed by atoms with Crippen LogP contribution in [0.4, 0.5) is 0 Å². The number of rotatable bonds is 0. The monoisotopic (exact) mass is 323 g/mol. The Hall–Kier alpha value is -0.197. The molecule has 0 saturated heterocycles. The molecule has 0 unspecified atom stereocenters. The van der Waals surface area contributed by atoms with Gasteiger partial charge in [-0.05, 0) is 0 Å². The molecule has 8 heavy (non-hydrogen) atoms. The van der Waals surface area contributed by atoms with Crippen molar-refractivity contribution in [2.24, 2.45) is 0 Å². The van der Waals surface area contributed by atoms with Crippen molar-refractivity contribution >= 4 is 24.7 Å². The van der Waals surface area contributed by atoms with E-state index in [0.717, 1.165) is 0 Å². The van der Waals surface area contributed by atoms with Crippen LogP contribution >= 0.6 is 0 Å². The molecule has 3 N–H and O–H groups in total. The predicted molar refractivity (Wildman–Crippen MR) is 23.7 cm³/mol. The van der Waals surface area contributed by atoms with Gasteiger partial charge in [0, 0.05) is 0 Å². The van der Waals surface area contributed by atoms with E-state index >= 15 is 0 Å². The van der Waals surface area contributed by atoms with Crippen molar-refractivity contribution < 1.29 is 18.9 Å². The van der Waals surface area contributed by atoms with E-state index in [1.807, 2.05) is 0 Å². The Morgan fingerprint density at radius 3 is 1.25 bits per heavy atom. The van der Waals surface area contributed by atoms with Gasteiger partial charge < -0.3 is 26.3 Å². The van der Waals surface area contributed by atoms with E-state index in [1.54, 1.807) is 0 Å². The van der Waals surface area contributed by atoms with Crippen LogP contribution in [0.15, 0.2) is 0 Å². The summed E-state index contributed by atoms with van der Waals surface area (Å²) in [6, 6.07) is 0. The van der Waals surface area contributed by atoms with Gasteiger partial charge in [0.15, 0.2) is 0 Å². The molecular formula is H4BiNO6. The second-order valence-electron chi connectivity index (χ2n) is 0.224. The molecule has 0 aliphatic rings. The molecule has 0 aliphatic heterocycles. The number of hydrogen-bond acceptors (Lipinski definition) is 5. The van der Waals surface area contributed by atoms with Crippen LogP contribution in [-0.4, -0.2) is 40.8 Å². The Bertz CT molecular complexity index is 39.8. The van der Waals surface area contributed by atoms with Crippen molar-refractivity contribution in [3.8, 4) is 0 Å². The molecule has 0 aromatic heterocycles. The minimum absolute atomic E-state index is 0. The standard InChI is InChI=1S/Bi.NO3.2H2O.O.H/c;2-1(3)4;;;;/h;;2*1H2;;/q+2;-1;;;;/p-1. The van der Waals surface area contributed by atoms with Crippen molar-refractivity contribution in [1.82, 2.24) is 0 Å². The van der Waals surface area contributed by atoms with E-state index in [9.17, 15) is 0 Å². The van der Waals surface area contributed by atoms with Gasteiger partial charge in [-0.15, -0.1) is 0 Å². The summed E-state index contributed by atoms with van der Waals surface area (Å²) in [5, 5.41) is 14.8. The van der Waals surface area contributed by atoms with Crippen LogP contribution in [0.2, 0.25) is 0 Å². The molecule has 0 amide bonds. The summed E-state index contributed by atoms with van der Waals surface area (Å²) in [6.07, 6.45) is 0. The quantitative estimate of drug-likeness (QED) is 0.287. The van der Waals surface area contributed by atoms with Crippen LogP contribution in [-0.2, 0) is 2.81 Å². The molecule has 0 heterocycles. The summed E-state index contributed by atoms with van der Waals surface area (Å²) in [4.78, 5) is 8.25.